The highest BCUT2D eigenvalue weighted by atomic mass is 16.5. The zero-order valence-electron chi connectivity index (χ0n) is 62.4. The third-order valence-corrected chi connectivity index (χ3v) is 19.1. The molecule has 0 aromatic heterocycles. The van der Waals surface area contributed by atoms with Gasteiger partial charge in [0, 0.05) is 40.9 Å². The van der Waals surface area contributed by atoms with Crippen molar-refractivity contribution in [3.63, 3.8) is 0 Å². The Morgan fingerprint density at radius 3 is 1.30 bits per heavy atom. The Kier molecular flexibility index (Phi) is 29.9. The monoisotopic (exact) mass is 1400 g/mol. The van der Waals surface area contributed by atoms with Gasteiger partial charge < -0.3 is 64.2 Å². The van der Waals surface area contributed by atoms with E-state index in [1.807, 2.05) is 89.2 Å². The van der Waals surface area contributed by atoms with Crippen LogP contribution in [0.15, 0.2) is 120 Å². The van der Waals surface area contributed by atoms with Crippen LogP contribution in [0.1, 0.15) is 224 Å². The van der Waals surface area contributed by atoms with Gasteiger partial charge in [0.05, 0.1) is 76.1 Å². The number of ether oxygens (including phenoxy) is 6. The van der Waals surface area contributed by atoms with Crippen molar-refractivity contribution in [2.24, 2.45) is 11.8 Å². The molecular weight excluding hydrogens is 1300 g/mol. The Morgan fingerprint density at radius 2 is 0.902 bits per heavy atom. The number of carboxylic acids is 3. The van der Waals surface area contributed by atoms with Gasteiger partial charge in [-0.05, 0) is 252 Å². The summed E-state index contributed by atoms with van der Waals surface area (Å²) >= 11 is 0. The van der Waals surface area contributed by atoms with Gasteiger partial charge in [-0.25, -0.2) is 0 Å². The van der Waals surface area contributed by atoms with Crippen molar-refractivity contribution < 1.29 is 83.3 Å². The maximum atomic E-state index is 12.3. The number of carboxylic acid groups (broad SMARTS) is 3. The number of carbonyl (C=O) groups excluding carboxylic acids is 1. The van der Waals surface area contributed by atoms with Crippen LogP contribution in [0.25, 0.3) is 0 Å². The molecule has 0 radical (unpaired) electrons. The average Bonchev–Trinajstić information content (AvgIpc) is 0.747. The Balaban J connectivity index is 0.000000227. The highest BCUT2D eigenvalue weighted by molar-refractivity contribution is 5.79. The minimum Gasteiger partial charge on any atom is -0.508 e. The molecule has 548 valence electrons. The molecule has 6 aromatic rings. The van der Waals surface area contributed by atoms with E-state index in [2.05, 4.69) is 72.8 Å². The molecule has 0 fully saturated rings. The standard InChI is InChI=1S/C23H32O4.C19H24O4.C11H13NO.C11H14O3.C10H11NO.C9H10O4/c1-6-7-10-26-22(25)15(3)16-12-19(24)21-17-11-14(2)8-9-18(17)23(4,5)27-20(21)13-16;1-10-5-6-14-13(7-10)17-15(20)8-12(11(2)18(21)22)9-16(17)23-19(14,3)4;1-8-4-10(9(2)7-12)6-11(5-8)13-3;1-7-4-9(8(2)11(12)13)6-10(5-7)14-3;1-8-5-9(3-4-11)7-10(6-8)12-2;1-5(9(12)13)6-2-7(10)4-8(11)3-6/h8,12-13,15,17-18,24H,6-7,9-11H2,1-5H3;5,8-9,11,13-14,20H,6-7H2,1-4H3,(H,21,22);4-6,9H,1-3H3;4-6,8H,1-3H3,(H,12,13);5-7H,3H2,1-2H3;2-5,10-11H,1H3,(H,12,13)/t15?,17-,18?;11?,13-,14?;;;;/m11..../s1. The summed E-state index contributed by atoms with van der Waals surface area (Å²) < 4.78 is 33.1. The number of fused-ring (bicyclic) bond motifs is 6. The third kappa shape index (κ3) is 22.4. The second-order valence-corrected chi connectivity index (χ2v) is 28.0. The molecule has 0 amide bonds. The molecule has 2 aliphatic heterocycles. The minimum atomic E-state index is -0.995. The number of rotatable bonds is 16. The minimum absolute atomic E-state index is 0.0752. The highest BCUT2D eigenvalue weighted by Gasteiger charge is 2.47. The first-order valence-corrected chi connectivity index (χ1v) is 34.5. The SMILES string of the molecule is CC(C(=O)O)c1cc(O)cc(O)c1.CC1=CCC2[C@@H](C1)c1c(O)cc(C(C)C(=O)O)cc1OC2(C)C.CCCCOC(=O)C(C)c1cc(O)c2c(c1)OC(C)(C)C1CC=C(C)C[C@@H]21.COc1cc(C)cc(C(C)C#N)c1.COc1cc(C)cc(C(C)C(=O)O)c1.COc1cc(C)cc(CC#N)c1. The highest BCUT2D eigenvalue weighted by Crippen LogP contribution is 2.56. The van der Waals surface area contributed by atoms with Crippen LogP contribution < -0.4 is 23.7 Å². The van der Waals surface area contributed by atoms with Crippen LogP contribution in [0.5, 0.6) is 51.7 Å². The van der Waals surface area contributed by atoms with Gasteiger partial charge >= 0.3 is 23.9 Å². The number of esters is 1. The van der Waals surface area contributed by atoms with Crippen molar-refractivity contribution >= 4 is 23.9 Å². The molecule has 0 bridgehead atoms. The Bertz CT molecular complexity index is 4060. The number of nitrogens with zero attached hydrogens (tertiary/aromatic N) is 2. The molecule has 10 rings (SSSR count). The van der Waals surface area contributed by atoms with E-state index in [4.69, 9.17) is 59.4 Å². The van der Waals surface area contributed by atoms with Gasteiger partial charge in [0.2, 0.25) is 0 Å². The number of hydrogen-bond donors (Lipinski definition) is 7. The van der Waals surface area contributed by atoms with E-state index in [9.17, 15) is 34.5 Å². The normalized spacial score (nSPS) is 18.2. The molecule has 19 nitrogen and oxygen atoms in total. The van der Waals surface area contributed by atoms with Gasteiger partial charge in [-0.1, -0.05) is 54.8 Å². The molecule has 0 spiro atoms. The Labute approximate surface area is 601 Å². The summed E-state index contributed by atoms with van der Waals surface area (Å²) in [4.78, 5) is 44.9. The van der Waals surface area contributed by atoms with E-state index >= 15 is 0 Å². The zero-order valence-corrected chi connectivity index (χ0v) is 62.4. The molecule has 19 heteroatoms. The lowest BCUT2D eigenvalue weighted by Gasteiger charge is -2.47. The number of phenolic OH excluding ortho intramolecular Hbond substituents is 4. The van der Waals surface area contributed by atoms with Gasteiger partial charge in [-0.2, -0.15) is 10.5 Å². The molecule has 4 aliphatic rings. The predicted octanol–water partition coefficient (Wildman–Crippen LogP) is 17.8. The summed E-state index contributed by atoms with van der Waals surface area (Å²) in [6.45, 7) is 29.5. The number of phenols is 4. The van der Waals surface area contributed by atoms with Gasteiger partial charge in [-0.3, -0.25) is 19.2 Å². The molecule has 102 heavy (non-hydrogen) atoms. The lowest BCUT2D eigenvalue weighted by atomic mass is 9.67. The predicted molar refractivity (Wildman–Crippen MR) is 393 cm³/mol. The van der Waals surface area contributed by atoms with E-state index in [-0.39, 0.29) is 57.9 Å². The molecule has 7 N–H and O–H groups in total. The molecule has 7 unspecified atom stereocenters. The first-order valence-electron chi connectivity index (χ1n) is 34.5. The fourth-order valence-corrected chi connectivity index (χ4v) is 13.0. The topological polar surface area (TPSA) is 313 Å². The van der Waals surface area contributed by atoms with Crippen molar-refractivity contribution in [2.75, 3.05) is 27.9 Å². The lowest BCUT2D eigenvalue weighted by molar-refractivity contribution is -0.145. The molecule has 0 saturated heterocycles. The van der Waals surface area contributed by atoms with Crippen LogP contribution in [0.2, 0.25) is 0 Å². The van der Waals surface area contributed by atoms with Crippen LogP contribution in [-0.4, -0.2) is 98.8 Å². The van der Waals surface area contributed by atoms with Crippen molar-refractivity contribution in [2.45, 2.75) is 201 Å². The first-order chi connectivity index (χ1) is 47.9. The number of allylic oxidation sites excluding steroid dienone is 4. The Hall–Kier alpha value is -10.1. The fraction of sp³-hybridized carbons (Fsp3) is 0.446. The fourth-order valence-electron chi connectivity index (χ4n) is 13.0. The third-order valence-electron chi connectivity index (χ3n) is 19.1. The summed E-state index contributed by atoms with van der Waals surface area (Å²) in [6, 6.07) is 32.3. The number of nitriles is 2. The lowest BCUT2D eigenvalue weighted by Crippen LogP contribution is -2.45. The van der Waals surface area contributed by atoms with Gasteiger partial charge in [-0.15, -0.1) is 0 Å². The Morgan fingerprint density at radius 1 is 0.520 bits per heavy atom. The smallest absolute Gasteiger partial charge is 0.313 e. The largest absolute Gasteiger partial charge is 0.508 e. The van der Waals surface area contributed by atoms with Crippen LogP contribution >= 0.6 is 0 Å². The van der Waals surface area contributed by atoms with Crippen molar-refractivity contribution in [3.8, 4) is 63.9 Å². The number of hydrogen-bond acceptors (Lipinski definition) is 16. The molecule has 2 heterocycles. The van der Waals surface area contributed by atoms with Crippen LogP contribution in [-0.2, 0) is 30.3 Å². The summed E-state index contributed by atoms with van der Waals surface area (Å²) in [5.41, 5.74) is 11.5. The van der Waals surface area contributed by atoms with Crippen LogP contribution in [0, 0.1) is 55.3 Å². The van der Waals surface area contributed by atoms with Gasteiger partial charge in [0.15, 0.2) is 0 Å². The average molecular weight is 1400 g/mol. The van der Waals surface area contributed by atoms with Crippen LogP contribution in [0.3, 0.4) is 0 Å². The molecule has 2 aliphatic carbocycles. The van der Waals surface area contributed by atoms with Gasteiger partial charge in [0.1, 0.15) is 62.9 Å². The number of aromatic hydroxyl groups is 4. The summed E-state index contributed by atoms with van der Waals surface area (Å²) in [7, 11) is 4.84. The number of aliphatic carboxylic acids is 3. The van der Waals surface area contributed by atoms with E-state index in [0.29, 0.717) is 53.2 Å². The molecular formula is C83H104N2O17. The molecule has 6 aromatic carbocycles. The van der Waals surface area contributed by atoms with E-state index in [1.165, 1.54) is 30.2 Å². The van der Waals surface area contributed by atoms with Gasteiger partial charge in [0.25, 0.3) is 0 Å². The van der Waals surface area contributed by atoms with Crippen molar-refractivity contribution in [1.82, 2.24) is 0 Å². The summed E-state index contributed by atoms with van der Waals surface area (Å²) in [5, 5.41) is 83.5. The number of aryl methyl sites for hydroxylation is 3. The number of methoxy groups -OCH3 is 3. The zero-order chi connectivity index (χ0) is 76.2. The second-order valence-electron chi connectivity index (χ2n) is 28.0. The number of unbranched alkanes of at least 4 members (excludes halogenated alkanes) is 1. The number of benzene rings is 6. The summed E-state index contributed by atoms with van der Waals surface area (Å²) in [5.74, 6) is -0.498. The summed E-state index contributed by atoms with van der Waals surface area (Å²) in [6.07, 6.45) is 10.6. The van der Waals surface area contributed by atoms with E-state index in [0.717, 1.165) is 106 Å². The molecule has 9 atom stereocenters. The van der Waals surface area contributed by atoms with Crippen molar-refractivity contribution in [1.29, 1.82) is 10.5 Å². The van der Waals surface area contributed by atoms with E-state index < -0.39 is 41.6 Å². The molecule has 0 saturated carbocycles. The second kappa shape index (κ2) is 37.0. The maximum absolute atomic E-state index is 12.3. The number of carbonyl (C=O) groups is 4. The maximum Gasteiger partial charge on any atom is 0.313 e. The quantitative estimate of drug-likeness (QED) is 0.0269. The van der Waals surface area contributed by atoms with Crippen molar-refractivity contribution in [3.05, 3.63) is 182 Å². The first kappa shape index (κ1) is 82.5. The van der Waals surface area contributed by atoms with E-state index in [1.54, 1.807) is 59.4 Å². The van der Waals surface area contributed by atoms with Crippen LogP contribution in [0.4, 0.5) is 0 Å².